The minimum absolute atomic E-state index is 0.0389. The summed E-state index contributed by atoms with van der Waals surface area (Å²) in [5.74, 6) is -0.0779. The zero-order valence-corrected chi connectivity index (χ0v) is 8.77. The molecule has 6 N–H and O–H groups in total. The van der Waals surface area contributed by atoms with Crippen LogP contribution in [0.15, 0.2) is 28.7 Å². The van der Waals surface area contributed by atoms with Crippen molar-refractivity contribution in [1.29, 1.82) is 0 Å². The number of furan rings is 1. The minimum atomic E-state index is -0.0389. The van der Waals surface area contributed by atoms with Gasteiger partial charge in [-0.25, -0.2) is 0 Å². The Labute approximate surface area is 95.9 Å². The maximum absolute atomic E-state index is 9.59. The molecule has 0 bridgehead atoms. The summed E-state index contributed by atoms with van der Waals surface area (Å²) in [6.07, 6.45) is 0. The van der Waals surface area contributed by atoms with E-state index in [-0.39, 0.29) is 22.9 Å². The lowest BCUT2D eigenvalue weighted by atomic mass is 10.1. The van der Waals surface area contributed by atoms with Crippen molar-refractivity contribution in [3.8, 4) is 11.5 Å². The number of phenolic OH excluding ortho intramolecular Hbond substituents is 2. The highest BCUT2D eigenvalue weighted by Gasteiger charge is 2.16. The number of hydrogen-bond acceptors (Lipinski definition) is 5. The average Bonchev–Trinajstić information content (AvgIpc) is 2.69. The monoisotopic (exact) mass is 230 g/mol. The zero-order valence-electron chi connectivity index (χ0n) is 8.77. The van der Waals surface area contributed by atoms with Crippen LogP contribution in [-0.2, 0) is 0 Å². The molecule has 0 aliphatic rings. The van der Waals surface area contributed by atoms with Gasteiger partial charge in [0, 0.05) is 0 Å². The predicted molar refractivity (Wildman–Crippen MR) is 65.9 cm³/mol. The molecule has 5 heteroatoms. The maximum Gasteiger partial charge on any atom is 0.139 e. The van der Waals surface area contributed by atoms with Crippen molar-refractivity contribution >= 4 is 33.3 Å². The van der Waals surface area contributed by atoms with Gasteiger partial charge in [0.2, 0.25) is 0 Å². The van der Waals surface area contributed by atoms with E-state index in [2.05, 4.69) is 0 Å². The summed E-state index contributed by atoms with van der Waals surface area (Å²) in [5, 5.41) is 20.2. The third-order valence-corrected chi connectivity index (χ3v) is 2.84. The Bertz CT molecular complexity index is 684. The summed E-state index contributed by atoms with van der Waals surface area (Å²) in [6.45, 7) is 0. The average molecular weight is 230 g/mol. The lowest BCUT2D eigenvalue weighted by Gasteiger charge is -2.02. The number of rotatable bonds is 0. The fourth-order valence-corrected chi connectivity index (χ4v) is 1.98. The fourth-order valence-electron chi connectivity index (χ4n) is 1.98. The van der Waals surface area contributed by atoms with Gasteiger partial charge >= 0.3 is 0 Å². The Morgan fingerprint density at radius 2 is 1.18 bits per heavy atom. The summed E-state index contributed by atoms with van der Waals surface area (Å²) in [7, 11) is 0. The molecule has 0 fully saturated rings. The van der Waals surface area contributed by atoms with Crippen LogP contribution in [0.1, 0.15) is 0 Å². The molecule has 0 aliphatic carbocycles. The van der Waals surface area contributed by atoms with Crippen molar-refractivity contribution in [2.45, 2.75) is 0 Å². The molecule has 0 spiro atoms. The van der Waals surface area contributed by atoms with Gasteiger partial charge < -0.3 is 26.1 Å². The first kappa shape index (κ1) is 9.65. The Hall–Kier alpha value is -2.56. The van der Waals surface area contributed by atoms with E-state index in [0.29, 0.717) is 21.9 Å². The molecule has 3 rings (SSSR count). The molecule has 0 atom stereocenters. The predicted octanol–water partition coefficient (Wildman–Crippen LogP) is 2.16. The molecular weight excluding hydrogens is 220 g/mol. The van der Waals surface area contributed by atoms with Gasteiger partial charge in [-0.1, -0.05) is 0 Å². The van der Waals surface area contributed by atoms with Crippen LogP contribution in [0.2, 0.25) is 0 Å². The molecule has 1 aromatic heterocycles. The molecule has 0 saturated heterocycles. The lowest BCUT2D eigenvalue weighted by molar-refractivity contribution is 0.478. The van der Waals surface area contributed by atoms with Crippen LogP contribution >= 0.6 is 0 Å². The summed E-state index contributed by atoms with van der Waals surface area (Å²) < 4.78 is 5.54. The van der Waals surface area contributed by atoms with Gasteiger partial charge in [0.25, 0.3) is 0 Å². The van der Waals surface area contributed by atoms with Gasteiger partial charge in [0.1, 0.15) is 22.7 Å². The highest BCUT2D eigenvalue weighted by Crippen LogP contribution is 2.42. The SMILES string of the molecule is Nc1c(O)ccc2oc3ccc(O)c(N)c3c12. The quantitative estimate of drug-likeness (QED) is 0.350. The molecule has 0 amide bonds. The fraction of sp³-hybridized carbons (Fsp3) is 0. The van der Waals surface area contributed by atoms with E-state index in [4.69, 9.17) is 15.9 Å². The first-order valence-electron chi connectivity index (χ1n) is 5.00. The van der Waals surface area contributed by atoms with Crippen LogP contribution in [0.3, 0.4) is 0 Å². The maximum atomic E-state index is 9.59. The molecule has 0 saturated carbocycles. The van der Waals surface area contributed by atoms with E-state index in [1.807, 2.05) is 0 Å². The number of aromatic hydroxyl groups is 2. The molecule has 2 aromatic carbocycles. The van der Waals surface area contributed by atoms with Crippen LogP contribution in [0, 0.1) is 0 Å². The van der Waals surface area contributed by atoms with Crippen LogP contribution in [0.25, 0.3) is 21.9 Å². The molecule has 3 aromatic rings. The Kier molecular flexibility index (Phi) is 1.69. The number of phenols is 2. The van der Waals surface area contributed by atoms with Gasteiger partial charge in [-0.15, -0.1) is 0 Å². The largest absolute Gasteiger partial charge is 0.506 e. The van der Waals surface area contributed by atoms with Crippen LogP contribution < -0.4 is 11.5 Å². The van der Waals surface area contributed by atoms with Crippen LogP contribution in [-0.4, -0.2) is 10.2 Å². The third kappa shape index (κ3) is 1.13. The first-order valence-corrected chi connectivity index (χ1v) is 5.00. The Morgan fingerprint density at radius 1 is 0.765 bits per heavy atom. The number of benzene rings is 2. The lowest BCUT2D eigenvalue weighted by Crippen LogP contribution is -1.89. The van der Waals surface area contributed by atoms with Crippen molar-refractivity contribution in [2.75, 3.05) is 11.5 Å². The van der Waals surface area contributed by atoms with Crippen molar-refractivity contribution in [2.24, 2.45) is 0 Å². The van der Waals surface area contributed by atoms with Gasteiger partial charge in [0.05, 0.1) is 22.1 Å². The first-order chi connectivity index (χ1) is 8.09. The second kappa shape index (κ2) is 2.98. The molecular formula is C12H10N2O3. The normalized spacial score (nSPS) is 11.3. The van der Waals surface area contributed by atoms with Crippen molar-refractivity contribution in [1.82, 2.24) is 0 Å². The van der Waals surface area contributed by atoms with E-state index < -0.39 is 0 Å². The summed E-state index contributed by atoms with van der Waals surface area (Å²) in [6, 6.07) is 6.13. The number of anilines is 2. The van der Waals surface area contributed by atoms with Gasteiger partial charge in [-0.05, 0) is 24.3 Å². The van der Waals surface area contributed by atoms with Crippen LogP contribution in [0.4, 0.5) is 11.4 Å². The molecule has 0 radical (unpaired) electrons. The van der Waals surface area contributed by atoms with Crippen molar-refractivity contribution < 1.29 is 14.6 Å². The third-order valence-electron chi connectivity index (χ3n) is 2.84. The van der Waals surface area contributed by atoms with E-state index in [9.17, 15) is 10.2 Å². The number of nitrogen functional groups attached to an aromatic ring is 2. The zero-order chi connectivity index (χ0) is 12.2. The second-order valence-electron chi connectivity index (χ2n) is 3.85. The highest BCUT2D eigenvalue weighted by atomic mass is 16.3. The molecule has 0 aliphatic heterocycles. The van der Waals surface area contributed by atoms with E-state index in [0.717, 1.165) is 0 Å². The van der Waals surface area contributed by atoms with E-state index in [1.54, 1.807) is 12.1 Å². The van der Waals surface area contributed by atoms with Crippen molar-refractivity contribution in [3.05, 3.63) is 24.3 Å². The molecule has 1 heterocycles. The Morgan fingerprint density at radius 3 is 1.59 bits per heavy atom. The van der Waals surface area contributed by atoms with Crippen LogP contribution in [0.5, 0.6) is 11.5 Å². The van der Waals surface area contributed by atoms with E-state index in [1.165, 1.54) is 12.1 Å². The topological polar surface area (TPSA) is 106 Å². The number of hydrogen-bond donors (Lipinski definition) is 4. The molecule has 5 nitrogen and oxygen atoms in total. The molecule has 0 unspecified atom stereocenters. The van der Waals surface area contributed by atoms with Gasteiger partial charge in [-0.3, -0.25) is 0 Å². The number of fused-ring (bicyclic) bond motifs is 3. The summed E-state index contributed by atoms with van der Waals surface area (Å²) >= 11 is 0. The summed E-state index contributed by atoms with van der Waals surface area (Å²) in [4.78, 5) is 0. The van der Waals surface area contributed by atoms with Crippen molar-refractivity contribution in [3.63, 3.8) is 0 Å². The van der Waals surface area contributed by atoms with Gasteiger partial charge in [-0.2, -0.15) is 0 Å². The van der Waals surface area contributed by atoms with Gasteiger partial charge in [0.15, 0.2) is 0 Å². The minimum Gasteiger partial charge on any atom is -0.506 e. The number of nitrogens with two attached hydrogens (primary N) is 2. The molecule has 86 valence electrons. The van der Waals surface area contributed by atoms with E-state index >= 15 is 0 Å². The summed E-state index contributed by atoms with van der Waals surface area (Å²) in [5.41, 5.74) is 13.0. The smallest absolute Gasteiger partial charge is 0.139 e. The highest BCUT2D eigenvalue weighted by molar-refractivity contribution is 6.17. The molecule has 17 heavy (non-hydrogen) atoms. The standard InChI is InChI=1S/C12H10N2O3/c13-11-5(15)1-3-7-9(11)10-8(17-7)4-2-6(16)12(10)14/h1-4,15-16H,13-14H2. The Balaban J connectivity index is 2.65. The second-order valence-corrected chi connectivity index (χ2v) is 3.85.